The first-order valence-corrected chi connectivity index (χ1v) is 11.5. The smallest absolute Gasteiger partial charge is 0.273 e. The third-order valence-electron chi connectivity index (χ3n) is 5.05. The maximum atomic E-state index is 13.9. The van der Waals surface area contributed by atoms with Crippen molar-refractivity contribution in [3.8, 4) is 0 Å². The lowest BCUT2D eigenvalue weighted by atomic mass is 9.99. The first kappa shape index (κ1) is 24.9. The van der Waals surface area contributed by atoms with Crippen molar-refractivity contribution < 1.29 is 14.4 Å². The molecule has 0 bridgehead atoms. The fourth-order valence-electron chi connectivity index (χ4n) is 3.50. The summed E-state index contributed by atoms with van der Waals surface area (Å²) < 4.78 is 3.97. The molecule has 0 saturated heterocycles. The van der Waals surface area contributed by atoms with Crippen molar-refractivity contribution in [2.24, 2.45) is 5.73 Å². The van der Waals surface area contributed by atoms with Gasteiger partial charge in [-0.3, -0.25) is 19.3 Å². The molecule has 1 atom stereocenters. The largest absolute Gasteiger partial charge is 0.395 e. The number of aryl methyl sites for hydroxylation is 2. The van der Waals surface area contributed by atoms with Gasteiger partial charge in [-0.05, 0) is 69.4 Å². The van der Waals surface area contributed by atoms with E-state index in [1.165, 1.54) is 4.90 Å². The average Bonchev–Trinajstić information content (AvgIpc) is 3.12. The summed E-state index contributed by atoms with van der Waals surface area (Å²) in [6, 6.07) is 13.7. The van der Waals surface area contributed by atoms with E-state index < -0.39 is 23.4 Å². The van der Waals surface area contributed by atoms with E-state index in [4.69, 9.17) is 11.5 Å². The predicted octanol–water partition coefficient (Wildman–Crippen LogP) is 3.74. The van der Waals surface area contributed by atoms with Crippen LogP contribution in [0.1, 0.15) is 63.7 Å². The number of nitrogen functional groups attached to an aromatic ring is 1. The molecule has 0 spiro atoms. The second-order valence-corrected chi connectivity index (χ2v) is 9.98. The highest BCUT2D eigenvalue weighted by Gasteiger charge is 2.37. The maximum absolute atomic E-state index is 13.9. The Bertz CT molecular complexity index is 1230. The van der Waals surface area contributed by atoms with Gasteiger partial charge in [0.05, 0.1) is 5.69 Å². The van der Waals surface area contributed by atoms with Crippen molar-refractivity contribution in [1.82, 2.24) is 9.69 Å². The number of nitrogens with two attached hydrogens (primary N) is 2. The second-order valence-electron chi connectivity index (χ2n) is 9.20. The van der Waals surface area contributed by atoms with Gasteiger partial charge in [0.25, 0.3) is 11.8 Å². The van der Waals surface area contributed by atoms with Crippen LogP contribution in [-0.2, 0) is 4.79 Å². The summed E-state index contributed by atoms with van der Waals surface area (Å²) in [5, 5.41) is 2.99. The minimum Gasteiger partial charge on any atom is -0.395 e. The number of aromatic nitrogens is 1. The minimum absolute atomic E-state index is 0.0379. The summed E-state index contributed by atoms with van der Waals surface area (Å²) in [6.45, 7) is 9.46. The summed E-state index contributed by atoms with van der Waals surface area (Å²) in [6.07, 6.45) is 0. The molecule has 9 heteroatoms. The van der Waals surface area contributed by atoms with Crippen LogP contribution >= 0.6 is 11.5 Å². The highest BCUT2D eigenvalue weighted by molar-refractivity contribution is 7.09. The summed E-state index contributed by atoms with van der Waals surface area (Å²) in [5.41, 5.74) is 13.7. The van der Waals surface area contributed by atoms with Crippen molar-refractivity contribution in [2.75, 3.05) is 10.6 Å². The van der Waals surface area contributed by atoms with E-state index in [9.17, 15) is 14.4 Å². The molecule has 34 heavy (non-hydrogen) atoms. The van der Waals surface area contributed by atoms with Gasteiger partial charge in [0.2, 0.25) is 5.91 Å². The van der Waals surface area contributed by atoms with Crippen molar-refractivity contribution in [3.63, 3.8) is 0 Å². The Morgan fingerprint density at radius 1 is 1.03 bits per heavy atom. The number of primary amides is 1. The molecule has 0 aliphatic heterocycles. The van der Waals surface area contributed by atoms with Gasteiger partial charge in [0, 0.05) is 11.2 Å². The van der Waals surface area contributed by atoms with Gasteiger partial charge in [0.15, 0.2) is 5.69 Å². The van der Waals surface area contributed by atoms with Crippen molar-refractivity contribution in [3.05, 3.63) is 75.8 Å². The zero-order valence-corrected chi connectivity index (χ0v) is 20.7. The topological polar surface area (TPSA) is 131 Å². The summed E-state index contributed by atoms with van der Waals surface area (Å²) in [5.74, 6) is -1.73. The molecular formula is C25H29N5O3S. The molecule has 178 valence electrons. The molecule has 1 aromatic heterocycles. The van der Waals surface area contributed by atoms with E-state index in [1.54, 1.807) is 6.07 Å². The molecule has 3 rings (SSSR count). The number of nitrogens with zero attached hydrogens (tertiary/aromatic N) is 2. The first-order valence-electron chi connectivity index (χ1n) is 10.7. The van der Waals surface area contributed by atoms with Crippen LogP contribution in [0.15, 0.2) is 48.5 Å². The number of rotatable bonds is 6. The Morgan fingerprint density at radius 3 is 2.21 bits per heavy atom. The number of carbonyl (C=O) groups is 3. The second kappa shape index (κ2) is 9.64. The third-order valence-corrected chi connectivity index (χ3v) is 5.90. The maximum Gasteiger partial charge on any atom is 0.273 e. The molecule has 2 aromatic carbocycles. The Morgan fingerprint density at radius 2 is 1.68 bits per heavy atom. The average molecular weight is 480 g/mol. The molecular weight excluding hydrogens is 450 g/mol. The molecule has 0 saturated carbocycles. The summed E-state index contributed by atoms with van der Waals surface area (Å²) in [7, 11) is 0. The molecule has 3 amide bonds. The molecule has 3 aromatic rings. The van der Waals surface area contributed by atoms with E-state index in [1.807, 2.05) is 77.1 Å². The van der Waals surface area contributed by atoms with Crippen molar-refractivity contribution in [2.45, 2.75) is 46.2 Å². The Balaban J connectivity index is 2.24. The minimum atomic E-state index is -1.01. The van der Waals surface area contributed by atoms with E-state index >= 15 is 0 Å². The van der Waals surface area contributed by atoms with Gasteiger partial charge in [-0.2, -0.15) is 4.37 Å². The van der Waals surface area contributed by atoms with Crippen LogP contribution in [-0.4, -0.2) is 27.6 Å². The highest BCUT2D eigenvalue weighted by atomic mass is 32.1. The first-order chi connectivity index (χ1) is 15.9. The Labute approximate surface area is 203 Å². The van der Waals surface area contributed by atoms with Crippen molar-refractivity contribution in [1.29, 1.82) is 0 Å². The van der Waals surface area contributed by atoms with Crippen molar-refractivity contribution >= 4 is 40.6 Å². The van der Waals surface area contributed by atoms with Gasteiger partial charge < -0.3 is 16.8 Å². The number of amides is 3. The molecule has 0 aliphatic rings. The lowest BCUT2D eigenvalue weighted by Gasteiger charge is -2.33. The number of anilines is 2. The van der Waals surface area contributed by atoms with E-state index in [0.29, 0.717) is 11.3 Å². The van der Waals surface area contributed by atoms with Gasteiger partial charge in [0.1, 0.15) is 10.9 Å². The fraction of sp³-hybridized carbons (Fsp3) is 0.280. The molecule has 0 unspecified atom stereocenters. The van der Waals surface area contributed by atoms with Crippen LogP contribution in [0.3, 0.4) is 0 Å². The van der Waals surface area contributed by atoms with Crippen LogP contribution < -0.4 is 21.7 Å². The zero-order valence-electron chi connectivity index (χ0n) is 19.9. The SMILES string of the molecule is Cc1ccc([C@H](C(=O)NC(C)(C)C)N(C(=O)c2snc(C(N)=O)c2N)c2cccc(C)c2)cc1. The molecule has 1 heterocycles. The predicted molar refractivity (Wildman–Crippen MR) is 135 cm³/mol. The number of hydrogen-bond acceptors (Lipinski definition) is 6. The molecule has 5 N–H and O–H groups in total. The van der Waals surface area contributed by atoms with Crippen LogP contribution in [0.5, 0.6) is 0 Å². The number of benzene rings is 2. The van der Waals surface area contributed by atoms with Gasteiger partial charge in [-0.25, -0.2) is 0 Å². The molecule has 8 nitrogen and oxygen atoms in total. The standard InChI is InChI=1S/C25H29N5O3S/c1-14-9-11-16(12-10-14)20(23(32)28-25(3,4)5)30(17-8-6-7-15(2)13-17)24(33)21-18(26)19(22(27)31)29-34-21/h6-13,20H,26H2,1-5H3,(H2,27,31)(H,28,32)/t20-/m1/s1. The van der Waals surface area contributed by atoms with E-state index in [2.05, 4.69) is 9.69 Å². The van der Waals surface area contributed by atoms with Crippen LogP contribution in [0.2, 0.25) is 0 Å². The molecule has 0 fully saturated rings. The van der Waals surface area contributed by atoms with E-state index in [-0.39, 0.29) is 22.2 Å². The fourth-order valence-corrected chi connectivity index (χ4v) is 4.25. The highest BCUT2D eigenvalue weighted by Crippen LogP contribution is 2.34. The summed E-state index contributed by atoms with van der Waals surface area (Å²) >= 11 is 0.781. The van der Waals surface area contributed by atoms with E-state index in [0.717, 1.165) is 22.7 Å². The van der Waals surface area contributed by atoms with Crippen LogP contribution in [0.25, 0.3) is 0 Å². The van der Waals surface area contributed by atoms with Gasteiger partial charge in [-0.1, -0.05) is 42.0 Å². The quantitative estimate of drug-likeness (QED) is 0.495. The number of hydrogen-bond donors (Lipinski definition) is 3. The number of nitrogens with one attached hydrogen (secondary N) is 1. The molecule has 0 aliphatic carbocycles. The Kier molecular flexibility index (Phi) is 7.07. The number of carbonyl (C=O) groups excluding carboxylic acids is 3. The third kappa shape index (κ3) is 5.43. The zero-order chi connectivity index (χ0) is 25.2. The van der Waals surface area contributed by atoms with Gasteiger partial charge in [-0.15, -0.1) is 0 Å². The van der Waals surface area contributed by atoms with Gasteiger partial charge >= 0.3 is 0 Å². The molecule has 0 radical (unpaired) electrons. The monoisotopic (exact) mass is 479 g/mol. The summed E-state index contributed by atoms with van der Waals surface area (Å²) in [4.78, 5) is 40.7. The normalized spacial score (nSPS) is 12.1. The van der Waals surface area contributed by atoms with Crippen LogP contribution in [0, 0.1) is 13.8 Å². The lowest BCUT2D eigenvalue weighted by molar-refractivity contribution is -0.123. The van der Waals surface area contributed by atoms with Crippen LogP contribution in [0.4, 0.5) is 11.4 Å². The lowest BCUT2D eigenvalue weighted by Crippen LogP contribution is -2.49. The Hall–Kier alpha value is -3.72.